The number of H-pyrrole nitrogens is 1. The monoisotopic (exact) mass is 696 g/mol. The standard InChI is InChI=1S/C35H42Cl2N6O5/c1-6-19(3)28(40-34(46)47-18-22-11-9-8-10-12-22)31(44)41-35(33(45)39-29(20(4)7-2)32-43-42-21(5)48-32)14-13-27-25(17-35)24-15-23(36)16-26(37)30(24)38-27/h8-12,15-16,19-20,28-29,38H,6-7,13-14,17-18H2,1-5H3,(H,39,45)(H,40,46)(H,41,44)/t19?,20?,28?,29?,35-/m0/s1. The number of amides is 3. The van der Waals surface area contributed by atoms with Crippen LogP contribution in [0.5, 0.6) is 0 Å². The quantitative estimate of drug-likeness (QED) is 0.128. The Bertz CT molecular complexity index is 1780. The van der Waals surface area contributed by atoms with Crippen molar-refractivity contribution >= 4 is 52.0 Å². The summed E-state index contributed by atoms with van der Waals surface area (Å²) in [6, 6.07) is 11.2. The van der Waals surface area contributed by atoms with Crippen molar-refractivity contribution in [1.29, 1.82) is 0 Å². The van der Waals surface area contributed by atoms with Crippen LogP contribution in [0.1, 0.15) is 81.6 Å². The van der Waals surface area contributed by atoms with Gasteiger partial charge in [-0.2, -0.15) is 0 Å². The lowest BCUT2D eigenvalue weighted by Crippen LogP contribution is -2.65. The lowest BCUT2D eigenvalue weighted by molar-refractivity contribution is -0.136. The van der Waals surface area contributed by atoms with Crippen molar-refractivity contribution in [2.75, 3.05) is 0 Å². The molecule has 0 fully saturated rings. The van der Waals surface area contributed by atoms with Gasteiger partial charge in [0, 0.05) is 29.4 Å². The van der Waals surface area contributed by atoms with E-state index in [9.17, 15) is 14.4 Å². The number of benzene rings is 2. The largest absolute Gasteiger partial charge is 0.445 e. The van der Waals surface area contributed by atoms with E-state index in [0.717, 1.165) is 28.6 Å². The Morgan fingerprint density at radius 3 is 2.44 bits per heavy atom. The Balaban J connectivity index is 1.47. The van der Waals surface area contributed by atoms with Crippen LogP contribution in [0.25, 0.3) is 10.9 Å². The first kappa shape index (κ1) is 35.2. The number of aryl methyl sites for hydroxylation is 2. The molecule has 0 radical (unpaired) electrons. The molecule has 0 aliphatic heterocycles. The lowest BCUT2D eigenvalue weighted by Gasteiger charge is -2.39. The molecule has 0 saturated carbocycles. The summed E-state index contributed by atoms with van der Waals surface area (Å²) < 4.78 is 11.2. The van der Waals surface area contributed by atoms with Gasteiger partial charge in [0.05, 0.1) is 10.5 Å². The summed E-state index contributed by atoms with van der Waals surface area (Å²) in [5.41, 5.74) is 1.87. The summed E-state index contributed by atoms with van der Waals surface area (Å²) in [5.74, 6) is -0.552. The molecule has 2 aromatic heterocycles. The van der Waals surface area contributed by atoms with Gasteiger partial charge in [-0.3, -0.25) is 9.59 Å². The highest BCUT2D eigenvalue weighted by molar-refractivity contribution is 6.38. The Labute approximate surface area is 289 Å². The van der Waals surface area contributed by atoms with E-state index in [1.165, 1.54) is 0 Å². The van der Waals surface area contributed by atoms with Gasteiger partial charge < -0.3 is 30.1 Å². The molecule has 256 valence electrons. The minimum absolute atomic E-state index is 0.0501. The number of halogens is 2. The maximum absolute atomic E-state index is 14.6. The van der Waals surface area contributed by atoms with Gasteiger partial charge in [0.25, 0.3) is 0 Å². The van der Waals surface area contributed by atoms with E-state index >= 15 is 0 Å². The van der Waals surface area contributed by atoms with E-state index in [1.807, 2.05) is 64.1 Å². The van der Waals surface area contributed by atoms with E-state index in [1.54, 1.807) is 13.0 Å². The molecule has 4 N–H and O–H groups in total. The molecular formula is C35H42Cl2N6O5. The number of nitrogens with one attached hydrogen (secondary N) is 4. The van der Waals surface area contributed by atoms with Crippen molar-refractivity contribution in [3.63, 3.8) is 0 Å². The number of carbonyl (C=O) groups is 3. The zero-order valence-corrected chi connectivity index (χ0v) is 29.3. The van der Waals surface area contributed by atoms with Crippen LogP contribution in [0.4, 0.5) is 4.79 Å². The Morgan fingerprint density at radius 2 is 1.77 bits per heavy atom. The molecule has 0 bridgehead atoms. The topological polar surface area (TPSA) is 151 Å². The molecule has 4 aromatic rings. The third-order valence-electron chi connectivity index (χ3n) is 9.39. The zero-order chi connectivity index (χ0) is 34.6. The molecule has 0 saturated heterocycles. The number of nitrogens with zero attached hydrogens (tertiary/aromatic N) is 2. The highest BCUT2D eigenvalue weighted by atomic mass is 35.5. The van der Waals surface area contributed by atoms with Gasteiger partial charge in [-0.05, 0) is 47.9 Å². The predicted octanol–water partition coefficient (Wildman–Crippen LogP) is 6.75. The third-order valence-corrected chi connectivity index (χ3v) is 9.90. The molecule has 1 aliphatic carbocycles. The first-order chi connectivity index (χ1) is 22.9. The molecule has 5 atom stereocenters. The smallest absolute Gasteiger partial charge is 0.408 e. The van der Waals surface area contributed by atoms with Crippen LogP contribution in [0.3, 0.4) is 0 Å². The number of hydrogen-bond acceptors (Lipinski definition) is 7. The van der Waals surface area contributed by atoms with Crippen molar-refractivity contribution in [3.05, 3.63) is 81.1 Å². The van der Waals surface area contributed by atoms with E-state index in [-0.39, 0.29) is 31.3 Å². The van der Waals surface area contributed by atoms with Crippen LogP contribution in [-0.2, 0) is 33.8 Å². The fourth-order valence-electron chi connectivity index (χ4n) is 6.14. The Morgan fingerprint density at radius 1 is 1.04 bits per heavy atom. The van der Waals surface area contributed by atoms with Gasteiger partial charge in [0.1, 0.15) is 24.2 Å². The molecule has 2 aromatic carbocycles. The van der Waals surface area contributed by atoms with Crippen molar-refractivity contribution in [2.45, 2.75) is 91.0 Å². The van der Waals surface area contributed by atoms with Gasteiger partial charge >= 0.3 is 6.09 Å². The molecule has 11 nitrogen and oxygen atoms in total. The second kappa shape index (κ2) is 15.0. The second-order valence-electron chi connectivity index (χ2n) is 12.7. The van der Waals surface area contributed by atoms with Crippen molar-refractivity contribution in [2.24, 2.45) is 11.8 Å². The van der Waals surface area contributed by atoms with E-state index < -0.39 is 35.5 Å². The maximum Gasteiger partial charge on any atom is 0.408 e. The summed E-state index contributed by atoms with van der Waals surface area (Å²) in [5, 5.41) is 18.9. The number of hydrogen-bond donors (Lipinski definition) is 4. The van der Waals surface area contributed by atoms with Crippen molar-refractivity contribution in [1.82, 2.24) is 31.1 Å². The van der Waals surface area contributed by atoms with Gasteiger partial charge in [-0.15, -0.1) is 10.2 Å². The highest BCUT2D eigenvalue weighted by Crippen LogP contribution is 2.39. The SMILES string of the molecule is CCC(C)C(NC(=O)OCc1ccccc1)C(=O)N[C@@]1(C(=O)NC(c2nnc(C)o2)C(C)CC)CCc2[nH]c3c(Cl)cc(Cl)cc3c2C1. The Kier molecular flexibility index (Phi) is 11.0. The van der Waals surface area contributed by atoms with Crippen LogP contribution in [0, 0.1) is 18.8 Å². The fraction of sp³-hybridized carbons (Fsp3) is 0.457. The van der Waals surface area contributed by atoms with E-state index in [2.05, 4.69) is 31.1 Å². The minimum atomic E-state index is -1.41. The first-order valence-corrected chi connectivity index (χ1v) is 17.1. The number of carbonyl (C=O) groups excluding carboxylic acids is 3. The number of aromatic amines is 1. The van der Waals surface area contributed by atoms with Crippen molar-refractivity contribution in [3.8, 4) is 0 Å². The predicted molar refractivity (Wildman–Crippen MR) is 184 cm³/mol. The number of rotatable bonds is 12. The van der Waals surface area contributed by atoms with E-state index in [4.69, 9.17) is 32.4 Å². The molecule has 2 heterocycles. The van der Waals surface area contributed by atoms with Gasteiger partial charge in [-0.25, -0.2) is 4.79 Å². The van der Waals surface area contributed by atoms with Gasteiger partial charge in [-0.1, -0.05) is 94.1 Å². The molecule has 1 aliphatic rings. The molecule has 3 amide bonds. The highest BCUT2D eigenvalue weighted by Gasteiger charge is 2.47. The number of fused-ring (bicyclic) bond motifs is 3. The molecule has 4 unspecified atom stereocenters. The Hall–Kier alpha value is -4.09. The maximum atomic E-state index is 14.6. The molecule has 13 heteroatoms. The van der Waals surface area contributed by atoms with Gasteiger partial charge in [0.15, 0.2) is 0 Å². The zero-order valence-electron chi connectivity index (χ0n) is 27.8. The fourth-order valence-corrected chi connectivity index (χ4v) is 6.68. The summed E-state index contributed by atoms with van der Waals surface area (Å²) in [7, 11) is 0. The molecule has 0 spiro atoms. The first-order valence-electron chi connectivity index (χ1n) is 16.3. The summed E-state index contributed by atoms with van der Waals surface area (Å²) in [4.78, 5) is 45.2. The number of ether oxygens (including phenoxy) is 1. The normalized spacial score (nSPS) is 18.3. The van der Waals surface area contributed by atoms with Crippen molar-refractivity contribution < 1.29 is 23.5 Å². The van der Waals surface area contributed by atoms with Crippen LogP contribution in [0.2, 0.25) is 10.0 Å². The summed E-state index contributed by atoms with van der Waals surface area (Å²) in [6.07, 6.45) is 1.45. The molecule has 48 heavy (non-hydrogen) atoms. The summed E-state index contributed by atoms with van der Waals surface area (Å²) >= 11 is 13.0. The molecular weight excluding hydrogens is 655 g/mol. The minimum Gasteiger partial charge on any atom is -0.445 e. The third kappa shape index (κ3) is 7.63. The van der Waals surface area contributed by atoms with Gasteiger partial charge in [0.2, 0.25) is 23.6 Å². The van der Waals surface area contributed by atoms with Crippen LogP contribution in [0.15, 0.2) is 46.9 Å². The van der Waals surface area contributed by atoms with Crippen LogP contribution < -0.4 is 16.0 Å². The number of alkyl carbamates (subject to hydrolysis) is 1. The average Bonchev–Trinajstić information content (AvgIpc) is 3.67. The number of aromatic nitrogens is 3. The average molecular weight is 698 g/mol. The lowest BCUT2D eigenvalue weighted by atomic mass is 9.78. The van der Waals surface area contributed by atoms with Crippen LogP contribution in [-0.4, -0.2) is 44.7 Å². The van der Waals surface area contributed by atoms with Crippen LogP contribution >= 0.6 is 23.2 Å². The van der Waals surface area contributed by atoms with E-state index in [0.29, 0.717) is 40.2 Å². The molecule has 5 rings (SSSR count). The second-order valence-corrected chi connectivity index (χ2v) is 13.5. The summed E-state index contributed by atoms with van der Waals surface area (Å²) in [6.45, 7) is 9.54.